The quantitative estimate of drug-likeness (QED) is 0.707. The van der Waals surface area contributed by atoms with E-state index in [1.807, 2.05) is 0 Å². The molecule has 0 aliphatic carbocycles. The van der Waals surface area contributed by atoms with Crippen molar-refractivity contribution in [3.05, 3.63) is 0 Å². The van der Waals surface area contributed by atoms with E-state index < -0.39 is 0 Å². The van der Waals surface area contributed by atoms with Crippen LogP contribution < -0.4 is 0 Å². The average Bonchev–Trinajstić information content (AvgIpc) is 2.02. The lowest BCUT2D eigenvalue weighted by atomic mass is 9.98. The fourth-order valence-electron chi connectivity index (χ4n) is 2.01. The summed E-state index contributed by atoms with van der Waals surface area (Å²) in [6, 6.07) is 0. The molecule has 1 aliphatic heterocycles. The number of nitrogens with zero attached hydrogens (tertiary/aromatic N) is 1. The number of ether oxygens (including phenoxy) is 1. The molecule has 1 heterocycles. The number of β-amino-alcohol motifs (C(OH)–C–C–N with tert-alkyl or cyclic N) is 1. The molecule has 3 atom stereocenters. The zero-order chi connectivity index (χ0) is 9.84. The smallest absolute Gasteiger partial charge is 0.0670 e. The van der Waals surface area contributed by atoms with Gasteiger partial charge < -0.3 is 9.84 Å². The van der Waals surface area contributed by atoms with Crippen LogP contribution in [0.1, 0.15) is 20.3 Å². The normalized spacial score (nSPS) is 33.2. The van der Waals surface area contributed by atoms with E-state index in [4.69, 9.17) is 4.74 Å². The molecule has 1 N–H and O–H groups in total. The Labute approximate surface area is 80.7 Å². The van der Waals surface area contributed by atoms with Crippen molar-refractivity contribution >= 4 is 0 Å². The van der Waals surface area contributed by atoms with Crippen molar-refractivity contribution in [3.8, 4) is 0 Å². The largest absolute Gasteiger partial charge is 0.392 e. The average molecular weight is 187 g/mol. The maximum absolute atomic E-state index is 9.55. The maximum atomic E-state index is 9.55. The van der Waals surface area contributed by atoms with Gasteiger partial charge in [-0.15, -0.1) is 0 Å². The van der Waals surface area contributed by atoms with Gasteiger partial charge in [0.25, 0.3) is 0 Å². The molecule has 0 aromatic carbocycles. The SMILES string of the molecule is COC(C)CN1CC(C)CC(O)C1. The first kappa shape index (κ1) is 11.0. The molecule has 0 aromatic heterocycles. The van der Waals surface area contributed by atoms with E-state index in [9.17, 15) is 5.11 Å². The summed E-state index contributed by atoms with van der Waals surface area (Å²) in [4.78, 5) is 2.28. The summed E-state index contributed by atoms with van der Waals surface area (Å²) >= 11 is 0. The molecule has 0 saturated carbocycles. The summed E-state index contributed by atoms with van der Waals surface area (Å²) in [5.74, 6) is 0.604. The molecule has 1 saturated heterocycles. The zero-order valence-corrected chi connectivity index (χ0v) is 8.86. The van der Waals surface area contributed by atoms with Crippen LogP contribution in [0.25, 0.3) is 0 Å². The molecule has 0 spiro atoms. The number of aliphatic hydroxyl groups is 1. The van der Waals surface area contributed by atoms with Crippen molar-refractivity contribution < 1.29 is 9.84 Å². The fourth-order valence-corrected chi connectivity index (χ4v) is 2.01. The minimum Gasteiger partial charge on any atom is -0.392 e. The van der Waals surface area contributed by atoms with E-state index >= 15 is 0 Å². The van der Waals surface area contributed by atoms with Gasteiger partial charge in [-0.1, -0.05) is 6.92 Å². The molecule has 78 valence electrons. The molecule has 0 bridgehead atoms. The monoisotopic (exact) mass is 187 g/mol. The number of methoxy groups -OCH3 is 1. The number of hydrogen-bond acceptors (Lipinski definition) is 3. The third-order valence-corrected chi connectivity index (χ3v) is 2.63. The first-order chi connectivity index (χ1) is 6.11. The molecule has 3 unspecified atom stereocenters. The van der Waals surface area contributed by atoms with Gasteiger partial charge in [0.2, 0.25) is 0 Å². The van der Waals surface area contributed by atoms with Crippen LogP contribution >= 0.6 is 0 Å². The molecular formula is C10H21NO2. The van der Waals surface area contributed by atoms with Crippen molar-refractivity contribution in [2.75, 3.05) is 26.7 Å². The van der Waals surface area contributed by atoms with Crippen molar-refractivity contribution in [3.63, 3.8) is 0 Å². The van der Waals surface area contributed by atoms with Crippen LogP contribution in [-0.4, -0.2) is 49.0 Å². The Hall–Kier alpha value is -0.120. The highest BCUT2D eigenvalue weighted by molar-refractivity contribution is 4.77. The van der Waals surface area contributed by atoms with E-state index in [0.29, 0.717) is 5.92 Å². The standard InChI is InChI=1S/C10H21NO2/c1-8-4-10(12)7-11(5-8)6-9(2)13-3/h8-10,12H,4-7H2,1-3H3. The first-order valence-electron chi connectivity index (χ1n) is 5.05. The van der Waals surface area contributed by atoms with Gasteiger partial charge in [-0.25, -0.2) is 0 Å². The minimum atomic E-state index is -0.146. The zero-order valence-electron chi connectivity index (χ0n) is 8.86. The van der Waals surface area contributed by atoms with Gasteiger partial charge in [0.15, 0.2) is 0 Å². The number of rotatable bonds is 3. The van der Waals surface area contributed by atoms with Crippen LogP contribution in [0.4, 0.5) is 0 Å². The van der Waals surface area contributed by atoms with Gasteiger partial charge >= 0.3 is 0 Å². The van der Waals surface area contributed by atoms with Crippen LogP contribution in [0.5, 0.6) is 0 Å². The van der Waals surface area contributed by atoms with E-state index in [0.717, 1.165) is 26.1 Å². The van der Waals surface area contributed by atoms with E-state index in [-0.39, 0.29) is 12.2 Å². The van der Waals surface area contributed by atoms with Gasteiger partial charge in [-0.05, 0) is 19.3 Å². The third-order valence-electron chi connectivity index (χ3n) is 2.63. The highest BCUT2D eigenvalue weighted by Gasteiger charge is 2.23. The molecule has 3 heteroatoms. The second kappa shape index (κ2) is 4.94. The molecule has 1 aliphatic rings. The van der Waals surface area contributed by atoms with Crippen LogP contribution in [-0.2, 0) is 4.74 Å². The predicted molar refractivity (Wildman–Crippen MR) is 52.7 cm³/mol. The Bertz CT molecular complexity index is 142. The minimum absolute atomic E-state index is 0.146. The predicted octanol–water partition coefficient (Wildman–Crippen LogP) is 0.724. The molecule has 0 amide bonds. The molecule has 1 fully saturated rings. The van der Waals surface area contributed by atoms with Gasteiger partial charge in [0.1, 0.15) is 0 Å². The highest BCUT2D eigenvalue weighted by Crippen LogP contribution is 2.16. The Kier molecular flexibility index (Phi) is 4.16. The van der Waals surface area contributed by atoms with Gasteiger partial charge in [-0.2, -0.15) is 0 Å². The number of likely N-dealkylation sites (tertiary alicyclic amines) is 1. The van der Waals surface area contributed by atoms with Gasteiger partial charge in [-0.3, -0.25) is 4.90 Å². The Morgan fingerprint density at radius 2 is 2.23 bits per heavy atom. The van der Waals surface area contributed by atoms with E-state index in [1.54, 1.807) is 7.11 Å². The van der Waals surface area contributed by atoms with Crippen LogP contribution in [0.15, 0.2) is 0 Å². The molecule has 3 nitrogen and oxygen atoms in total. The first-order valence-corrected chi connectivity index (χ1v) is 5.05. The molecule has 0 radical (unpaired) electrons. The van der Waals surface area contributed by atoms with Gasteiger partial charge in [0.05, 0.1) is 12.2 Å². The van der Waals surface area contributed by atoms with Crippen LogP contribution in [0.2, 0.25) is 0 Å². The van der Waals surface area contributed by atoms with Crippen molar-refractivity contribution in [2.45, 2.75) is 32.5 Å². The van der Waals surface area contributed by atoms with Crippen molar-refractivity contribution in [1.82, 2.24) is 4.90 Å². The topological polar surface area (TPSA) is 32.7 Å². The van der Waals surface area contributed by atoms with Gasteiger partial charge in [0, 0.05) is 26.7 Å². The Morgan fingerprint density at radius 1 is 1.54 bits per heavy atom. The molecule has 13 heavy (non-hydrogen) atoms. The second-order valence-corrected chi connectivity index (χ2v) is 4.26. The fraction of sp³-hybridized carbons (Fsp3) is 1.00. The number of piperidine rings is 1. The molecular weight excluding hydrogens is 166 g/mol. The molecule has 1 rings (SSSR count). The molecule has 0 aromatic rings. The number of aliphatic hydroxyl groups excluding tert-OH is 1. The summed E-state index contributed by atoms with van der Waals surface area (Å²) in [6.45, 7) is 7.07. The Morgan fingerprint density at radius 3 is 2.77 bits per heavy atom. The lowest BCUT2D eigenvalue weighted by Gasteiger charge is -2.35. The van der Waals surface area contributed by atoms with Crippen molar-refractivity contribution in [2.24, 2.45) is 5.92 Å². The van der Waals surface area contributed by atoms with Crippen LogP contribution in [0, 0.1) is 5.92 Å². The second-order valence-electron chi connectivity index (χ2n) is 4.26. The number of hydrogen-bond donors (Lipinski definition) is 1. The van der Waals surface area contributed by atoms with E-state index in [1.165, 1.54) is 0 Å². The summed E-state index contributed by atoms with van der Waals surface area (Å²) in [6.07, 6.45) is 1.06. The van der Waals surface area contributed by atoms with Crippen molar-refractivity contribution in [1.29, 1.82) is 0 Å². The third kappa shape index (κ3) is 3.63. The summed E-state index contributed by atoms with van der Waals surface area (Å²) < 4.78 is 5.20. The van der Waals surface area contributed by atoms with E-state index in [2.05, 4.69) is 18.7 Å². The Balaban J connectivity index is 2.32. The summed E-state index contributed by atoms with van der Waals surface area (Å²) in [5.41, 5.74) is 0. The highest BCUT2D eigenvalue weighted by atomic mass is 16.5. The lowest BCUT2D eigenvalue weighted by molar-refractivity contribution is 0.0114. The maximum Gasteiger partial charge on any atom is 0.0670 e. The summed E-state index contributed by atoms with van der Waals surface area (Å²) in [7, 11) is 1.73. The lowest BCUT2D eigenvalue weighted by Crippen LogP contribution is -2.45. The summed E-state index contributed by atoms with van der Waals surface area (Å²) in [5, 5.41) is 9.55. The van der Waals surface area contributed by atoms with Crippen LogP contribution in [0.3, 0.4) is 0 Å².